The lowest BCUT2D eigenvalue weighted by Gasteiger charge is -2.46. The topological polar surface area (TPSA) is 47.7 Å². The minimum atomic E-state index is -0.320. The van der Waals surface area contributed by atoms with Gasteiger partial charge >= 0.3 is 0 Å². The maximum atomic E-state index is 6.42. The second-order valence-electron chi connectivity index (χ2n) is 6.89. The Morgan fingerprint density at radius 1 is 1.00 bits per heavy atom. The fourth-order valence-electron chi connectivity index (χ4n) is 4.29. The van der Waals surface area contributed by atoms with E-state index in [0.717, 1.165) is 32.5 Å². The SMILES string of the molecule is CN(C1CCCCCC1)C1CC2(CCC1N)OCCO2. The first-order valence-electron chi connectivity index (χ1n) is 8.46. The number of ether oxygens (including phenoxy) is 2. The van der Waals surface area contributed by atoms with E-state index in [2.05, 4.69) is 11.9 Å². The lowest BCUT2D eigenvalue weighted by atomic mass is 9.84. The van der Waals surface area contributed by atoms with Crippen molar-refractivity contribution in [2.24, 2.45) is 5.73 Å². The molecular weight excluding hydrogens is 252 g/mol. The highest BCUT2D eigenvalue weighted by Gasteiger charge is 2.46. The average Bonchev–Trinajstić information content (AvgIpc) is 2.74. The van der Waals surface area contributed by atoms with E-state index in [-0.39, 0.29) is 11.8 Å². The van der Waals surface area contributed by atoms with Gasteiger partial charge in [0.05, 0.1) is 13.2 Å². The third-order valence-corrected chi connectivity index (χ3v) is 5.61. The molecule has 20 heavy (non-hydrogen) atoms. The molecule has 0 aromatic heterocycles. The molecule has 2 aliphatic carbocycles. The van der Waals surface area contributed by atoms with Gasteiger partial charge in [-0.05, 0) is 26.3 Å². The predicted octanol–water partition coefficient (Wildman–Crippen LogP) is 2.26. The maximum Gasteiger partial charge on any atom is 0.170 e. The summed E-state index contributed by atoms with van der Waals surface area (Å²) in [6.45, 7) is 1.49. The lowest BCUT2D eigenvalue weighted by molar-refractivity contribution is -0.192. The van der Waals surface area contributed by atoms with Gasteiger partial charge < -0.3 is 15.2 Å². The van der Waals surface area contributed by atoms with Gasteiger partial charge in [0.2, 0.25) is 0 Å². The van der Waals surface area contributed by atoms with Crippen LogP contribution in [-0.2, 0) is 9.47 Å². The minimum absolute atomic E-state index is 0.265. The number of hydrogen-bond acceptors (Lipinski definition) is 4. The van der Waals surface area contributed by atoms with Crippen LogP contribution in [0.3, 0.4) is 0 Å². The number of hydrogen-bond donors (Lipinski definition) is 1. The molecule has 0 bridgehead atoms. The van der Waals surface area contributed by atoms with Crippen LogP contribution in [0.1, 0.15) is 57.8 Å². The van der Waals surface area contributed by atoms with Gasteiger partial charge in [0.1, 0.15) is 0 Å². The monoisotopic (exact) mass is 282 g/mol. The van der Waals surface area contributed by atoms with Crippen molar-refractivity contribution in [3.05, 3.63) is 0 Å². The largest absolute Gasteiger partial charge is 0.347 e. The second kappa shape index (κ2) is 6.30. The Balaban J connectivity index is 1.66. The molecule has 3 fully saturated rings. The molecule has 3 aliphatic rings. The number of nitrogens with two attached hydrogens (primary N) is 1. The summed E-state index contributed by atoms with van der Waals surface area (Å²) < 4.78 is 11.8. The van der Waals surface area contributed by atoms with Crippen LogP contribution >= 0.6 is 0 Å². The number of nitrogens with zero attached hydrogens (tertiary/aromatic N) is 1. The molecule has 0 amide bonds. The van der Waals surface area contributed by atoms with Crippen molar-refractivity contribution in [2.75, 3.05) is 20.3 Å². The summed E-state index contributed by atoms with van der Waals surface area (Å²) in [5.41, 5.74) is 6.42. The molecule has 4 heteroatoms. The summed E-state index contributed by atoms with van der Waals surface area (Å²) >= 11 is 0. The first-order valence-corrected chi connectivity index (χ1v) is 8.46. The quantitative estimate of drug-likeness (QED) is 0.789. The van der Waals surface area contributed by atoms with E-state index in [0.29, 0.717) is 12.1 Å². The summed E-state index contributed by atoms with van der Waals surface area (Å²) in [5.74, 6) is -0.320. The van der Waals surface area contributed by atoms with Crippen LogP contribution in [0.15, 0.2) is 0 Å². The smallest absolute Gasteiger partial charge is 0.170 e. The average molecular weight is 282 g/mol. The number of rotatable bonds is 2. The van der Waals surface area contributed by atoms with Gasteiger partial charge in [-0.2, -0.15) is 0 Å². The first kappa shape index (κ1) is 14.8. The highest BCUT2D eigenvalue weighted by atomic mass is 16.7. The Bertz CT molecular complexity index is 310. The molecule has 0 aromatic carbocycles. The fourth-order valence-corrected chi connectivity index (χ4v) is 4.29. The fraction of sp³-hybridized carbons (Fsp3) is 1.00. The second-order valence-corrected chi connectivity index (χ2v) is 6.89. The zero-order valence-corrected chi connectivity index (χ0v) is 12.9. The van der Waals surface area contributed by atoms with Crippen molar-refractivity contribution in [3.8, 4) is 0 Å². The van der Waals surface area contributed by atoms with E-state index in [9.17, 15) is 0 Å². The van der Waals surface area contributed by atoms with Gasteiger partial charge in [0, 0.05) is 31.0 Å². The van der Waals surface area contributed by atoms with Crippen LogP contribution < -0.4 is 5.73 Å². The molecule has 1 aliphatic heterocycles. The zero-order chi connectivity index (χ0) is 14.0. The molecule has 3 rings (SSSR count). The number of likely N-dealkylation sites (N-methyl/N-ethyl adjacent to an activating group) is 1. The Hall–Kier alpha value is -0.160. The summed E-state index contributed by atoms with van der Waals surface area (Å²) in [6.07, 6.45) is 11.1. The molecule has 1 saturated heterocycles. The lowest BCUT2D eigenvalue weighted by Crippen LogP contribution is -2.57. The molecule has 2 atom stereocenters. The van der Waals surface area contributed by atoms with Crippen LogP contribution in [0.4, 0.5) is 0 Å². The van der Waals surface area contributed by atoms with Gasteiger partial charge in [-0.15, -0.1) is 0 Å². The molecule has 1 heterocycles. The van der Waals surface area contributed by atoms with Crippen LogP contribution in [0.5, 0.6) is 0 Å². The molecule has 4 nitrogen and oxygen atoms in total. The standard InChI is InChI=1S/C16H30N2O2/c1-18(13-6-4-2-3-5-7-13)15-12-16(9-8-14(15)17)19-10-11-20-16/h13-15H,2-12,17H2,1H3. The highest BCUT2D eigenvalue weighted by molar-refractivity contribution is 4.96. The van der Waals surface area contributed by atoms with Gasteiger partial charge in [-0.1, -0.05) is 25.7 Å². The van der Waals surface area contributed by atoms with E-state index < -0.39 is 0 Å². The predicted molar refractivity (Wildman–Crippen MR) is 79.5 cm³/mol. The normalized spacial score (nSPS) is 35.5. The Morgan fingerprint density at radius 2 is 1.65 bits per heavy atom. The summed E-state index contributed by atoms with van der Waals surface area (Å²) in [5, 5.41) is 0. The molecule has 2 saturated carbocycles. The molecule has 116 valence electrons. The van der Waals surface area contributed by atoms with Gasteiger partial charge in [0.15, 0.2) is 5.79 Å². The van der Waals surface area contributed by atoms with Crippen LogP contribution in [0.25, 0.3) is 0 Å². The van der Waals surface area contributed by atoms with Crippen molar-refractivity contribution in [2.45, 2.75) is 81.7 Å². The van der Waals surface area contributed by atoms with Crippen molar-refractivity contribution < 1.29 is 9.47 Å². The molecule has 2 N–H and O–H groups in total. The first-order chi connectivity index (χ1) is 9.70. The zero-order valence-electron chi connectivity index (χ0n) is 12.9. The van der Waals surface area contributed by atoms with Crippen LogP contribution in [0.2, 0.25) is 0 Å². The van der Waals surface area contributed by atoms with Crippen LogP contribution in [-0.4, -0.2) is 49.1 Å². The van der Waals surface area contributed by atoms with E-state index in [1.54, 1.807) is 0 Å². The van der Waals surface area contributed by atoms with Crippen molar-refractivity contribution >= 4 is 0 Å². The molecule has 2 unspecified atom stereocenters. The van der Waals surface area contributed by atoms with Crippen LogP contribution in [0, 0.1) is 0 Å². The third kappa shape index (κ3) is 3.03. The van der Waals surface area contributed by atoms with E-state index in [1.165, 1.54) is 38.5 Å². The van der Waals surface area contributed by atoms with E-state index in [1.807, 2.05) is 0 Å². The molecule has 0 radical (unpaired) electrons. The van der Waals surface area contributed by atoms with Crippen molar-refractivity contribution in [1.82, 2.24) is 4.90 Å². The van der Waals surface area contributed by atoms with Crippen molar-refractivity contribution in [3.63, 3.8) is 0 Å². The van der Waals surface area contributed by atoms with Crippen molar-refractivity contribution in [1.29, 1.82) is 0 Å². The van der Waals surface area contributed by atoms with Gasteiger partial charge in [0.25, 0.3) is 0 Å². The maximum absolute atomic E-state index is 6.42. The molecular formula is C16H30N2O2. The Labute approximate surface area is 123 Å². The Morgan fingerprint density at radius 3 is 2.30 bits per heavy atom. The minimum Gasteiger partial charge on any atom is -0.347 e. The van der Waals surface area contributed by atoms with E-state index >= 15 is 0 Å². The van der Waals surface area contributed by atoms with E-state index in [4.69, 9.17) is 15.2 Å². The molecule has 1 spiro atoms. The third-order valence-electron chi connectivity index (χ3n) is 5.61. The highest BCUT2D eigenvalue weighted by Crippen LogP contribution is 2.38. The summed E-state index contributed by atoms with van der Waals surface area (Å²) in [7, 11) is 2.27. The van der Waals surface area contributed by atoms with Gasteiger partial charge in [-0.3, -0.25) is 4.90 Å². The summed E-state index contributed by atoms with van der Waals surface area (Å²) in [4.78, 5) is 2.56. The summed E-state index contributed by atoms with van der Waals surface area (Å²) in [6, 6.07) is 1.37. The van der Waals surface area contributed by atoms with Gasteiger partial charge in [-0.25, -0.2) is 0 Å². The Kier molecular flexibility index (Phi) is 4.65. The molecule has 0 aromatic rings.